The number of halogens is 2. The molecule has 0 spiro atoms. The molecule has 0 radical (unpaired) electrons. The van der Waals surface area contributed by atoms with Gasteiger partial charge in [0.1, 0.15) is 0 Å². The minimum atomic E-state index is -1.24. The lowest BCUT2D eigenvalue weighted by Gasteiger charge is -2.09. The van der Waals surface area contributed by atoms with Crippen molar-refractivity contribution in [1.82, 2.24) is 0 Å². The molecule has 0 aliphatic rings. The van der Waals surface area contributed by atoms with Crippen molar-refractivity contribution in [3.8, 4) is 11.5 Å². The second-order valence-corrected chi connectivity index (χ2v) is 5.89. The molecule has 3 nitrogen and oxygen atoms in total. The summed E-state index contributed by atoms with van der Waals surface area (Å²) in [5.41, 5.74) is 0.528. The Bertz CT molecular complexity index is 647. The Hall–Kier alpha value is -1.79. The average molecular weight is 312 g/mol. The van der Waals surface area contributed by atoms with E-state index in [4.69, 9.17) is 9.84 Å². The first kappa shape index (κ1) is 15.6. The number of aliphatic hydroxyl groups is 1. The Morgan fingerprint density at radius 1 is 1.05 bits per heavy atom. The lowest BCUT2D eigenvalue weighted by molar-refractivity contribution is 0.321. The van der Waals surface area contributed by atoms with Crippen molar-refractivity contribution >= 4 is 10.8 Å². The Morgan fingerprint density at radius 2 is 1.76 bits per heavy atom. The molecular formula is C15H14F2O3S. The normalized spacial score (nSPS) is 12.1. The second kappa shape index (κ2) is 7.28. The maximum Gasteiger partial charge on any atom is 0.166 e. The molecule has 0 aliphatic carbocycles. The predicted molar refractivity (Wildman–Crippen MR) is 76.7 cm³/mol. The SMILES string of the molecule is O=[S@](CCO)Cc1ccc(Oc2ccccc2F)c(F)c1. The Morgan fingerprint density at radius 3 is 2.43 bits per heavy atom. The quantitative estimate of drug-likeness (QED) is 0.892. The molecule has 0 unspecified atom stereocenters. The van der Waals surface area contributed by atoms with Gasteiger partial charge in [-0.05, 0) is 29.8 Å². The zero-order chi connectivity index (χ0) is 15.2. The van der Waals surface area contributed by atoms with Crippen molar-refractivity contribution in [3.05, 3.63) is 59.7 Å². The number of aliphatic hydroxyl groups excluding tert-OH is 1. The highest BCUT2D eigenvalue weighted by Gasteiger charge is 2.10. The summed E-state index contributed by atoms with van der Waals surface area (Å²) in [6.07, 6.45) is 0. The zero-order valence-corrected chi connectivity index (χ0v) is 11.9. The van der Waals surface area contributed by atoms with Gasteiger partial charge in [0.15, 0.2) is 23.1 Å². The summed E-state index contributed by atoms with van der Waals surface area (Å²) in [4.78, 5) is 0. The highest BCUT2D eigenvalue weighted by molar-refractivity contribution is 7.84. The van der Waals surface area contributed by atoms with Crippen LogP contribution in [0.25, 0.3) is 0 Å². The first-order chi connectivity index (χ1) is 10.1. The van der Waals surface area contributed by atoms with Gasteiger partial charge in [0, 0.05) is 22.3 Å². The van der Waals surface area contributed by atoms with E-state index >= 15 is 0 Å². The summed E-state index contributed by atoms with van der Waals surface area (Å²) in [5, 5.41) is 8.68. The molecule has 6 heteroatoms. The molecule has 1 N–H and O–H groups in total. The van der Waals surface area contributed by atoms with Crippen LogP contribution in [0.4, 0.5) is 8.78 Å². The van der Waals surface area contributed by atoms with Crippen LogP contribution in [0.1, 0.15) is 5.56 Å². The van der Waals surface area contributed by atoms with Crippen LogP contribution in [-0.4, -0.2) is 21.7 Å². The summed E-state index contributed by atoms with van der Waals surface area (Å²) in [6.45, 7) is -0.177. The molecule has 2 aromatic rings. The predicted octanol–water partition coefficient (Wildman–Crippen LogP) is 3.00. The Labute approximate surface area is 123 Å². The van der Waals surface area contributed by atoms with Crippen molar-refractivity contribution in [2.24, 2.45) is 0 Å². The fourth-order valence-corrected chi connectivity index (χ4v) is 2.62. The van der Waals surface area contributed by atoms with Crippen molar-refractivity contribution in [2.75, 3.05) is 12.4 Å². The average Bonchev–Trinajstić information content (AvgIpc) is 2.44. The maximum absolute atomic E-state index is 13.9. The van der Waals surface area contributed by atoms with Crippen LogP contribution in [0.2, 0.25) is 0 Å². The molecule has 0 aromatic heterocycles. The van der Waals surface area contributed by atoms with E-state index in [2.05, 4.69) is 0 Å². The molecule has 112 valence electrons. The van der Waals surface area contributed by atoms with E-state index in [9.17, 15) is 13.0 Å². The number of para-hydroxylation sites is 1. The standard InChI is InChI=1S/C15H14F2O3S/c16-12-3-1-2-4-14(12)20-15-6-5-11(9-13(15)17)10-21(19)8-7-18/h1-6,9,18H,7-8,10H2/t21-/m1/s1. The van der Waals surface area contributed by atoms with Gasteiger partial charge in [-0.1, -0.05) is 18.2 Å². The topological polar surface area (TPSA) is 46.5 Å². The maximum atomic E-state index is 13.9. The van der Waals surface area contributed by atoms with Crippen LogP contribution in [0, 0.1) is 11.6 Å². The highest BCUT2D eigenvalue weighted by Crippen LogP contribution is 2.27. The van der Waals surface area contributed by atoms with Gasteiger partial charge in [0.25, 0.3) is 0 Å². The molecule has 1 atom stereocenters. The third-order valence-corrected chi connectivity index (χ3v) is 3.99. The van der Waals surface area contributed by atoms with Gasteiger partial charge in [-0.3, -0.25) is 4.21 Å². The first-order valence-corrected chi connectivity index (χ1v) is 7.75. The summed E-state index contributed by atoms with van der Waals surface area (Å²) in [5.74, 6) is -1.10. The van der Waals surface area contributed by atoms with E-state index in [0.29, 0.717) is 5.56 Å². The van der Waals surface area contributed by atoms with Crippen molar-refractivity contribution in [2.45, 2.75) is 5.75 Å². The molecule has 21 heavy (non-hydrogen) atoms. The third-order valence-electron chi connectivity index (χ3n) is 2.70. The van der Waals surface area contributed by atoms with Crippen LogP contribution in [0.15, 0.2) is 42.5 Å². The highest BCUT2D eigenvalue weighted by atomic mass is 32.2. The van der Waals surface area contributed by atoms with Gasteiger partial charge in [-0.15, -0.1) is 0 Å². The smallest absolute Gasteiger partial charge is 0.166 e. The first-order valence-electron chi connectivity index (χ1n) is 6.27. The third kappa shape index (κ3) is 4.34. The van der Waals surface area contributed by atoms with Crippen molar-refractivity contribution in [1.29, 1.82) is 0 Å². The molecule has 0 saturated heterocycles. The monoisotopic (exact) mass is 312 g/mol. The van der Waals surface area contributed by atoms with Crippen LogP contribution in [0.3, 0.4) is 0 Å². The Balaban J connectivity index is 2.13. The summed E-state index contributed by atoms with van der Waals surface area (Å²) in [7, 11) is -1.24. The minimum absolute atomic E-state index is 0.0620. The van der Waals surface area contributed by atoms with Gasteiger partial charge >= 0.3 is 0 Å². The van der Waals surface area contributed by atoms with E-state index in [1.807, 2.05) is 0 Å². The molecule has 0 amide bonds. The van der Waals surface area contributed by atoms with Crippen LogP contribution in [0.5, 0.6) is 11.5 Å². The molecule has 2 aromatic carbocycles. The molecular weight excluding hydrogens is 298 g/mol. The molecule has 0 bridgehead atoms. The van der Waals surface area contributed by atoms with Crippen molar-refractivity contribution < 1.29 is 22.8 Å². The van der Waals surface area contributed by atoms with Gasteiger partial charge in [-0.25, -0.2) is 8.78 Å². The van der Waals surface area contributed by atoms with Crippen molar-refractivity contribution in [3.63, 3.8) is 0 Å². The number of ether oxygens (including phenoxy) is 1. The number of hydrogen-bond acceptors (Lipinski definition) is 3. The van der Waals surface area contributed by atoms with E-state index in [1.54, 1.807) is 12.1 Å². The number of hydrogen-bond donors (Lipinski definition) is 1. The van der Waals surface area contributed by atoms with Crippen LogP contribution < -0.4 is 4.74 Å². The zero-order valence-electron chi connectivity index (χ0n) is 11.1. The number of benzene rings is 2. The lowest BCUT2D eigenvalue weighted by Crippen LogP contribution is -2.04. The summed E-state index contributed by atoms with van der Waals surface area (Å²) in [6, 6.07) is 9.85. The molecule has 0 heterocycles. The van der Waals surface area contributed by atoms with Gasteiger partial charge in [0.05, 0.1) is 6.61 Å². The van der Waals surface area contributed by atoms with Gasteiger partial charge < -0.3 is 9.84 Å². The van der Waals surface area contributed by atoms with Gasteiger partial charge in [-0.2, -0.15) is 0 Å². The fraction of sp³-hybridized carbons (Fsp3) is 0.200. The van der Waals surface area contributed by atoms with E-state index in [0.717, 1.165) is 0 Å². The lowest BCUT2D eigenvalue weighted by atomic mass is 10.2. The second-order valence-electron chi connectivity index (χ2n) is 4.31. The van der Waals surface area contributed by atoms with E-state index in [-0.39, 0.29) is 29.6 Å². The van der Waals surface area contributed by atoms with Crippen LogP contribution in [-0.2, 0) is 16.6 Å². The van der Waals surface area contributed by atoms with Gasteiger partial charge in [0.2, 0.25) is 0 Å². The summed E-state index contributed by atoms with van der Waals surface area (Å²) < 4.78 is 44.0. The summed E-state index contributed by atoms with van der Waals surface area (Å²) >= 11 is 0. The van der Waals surface area contributed by atoms with E-state index in [1.165, 1.54) is 30.3 Å². The minimum Gasteiger partial charge on any atom is -0.451 e. The fourth-order valence-electron chi connectivity index (χ4n) is 1.72. The van der Waals surface area contributed by atoms with Crippen LogP contribution >= 0.6 is 0 Å². The molecule has 0 saturated carbocycles. The molecule has 0 fully saturated rings. The molecule has 0 aliphatic heterocycles. The Kier molecular flexibility index (Phi) is 5.41. The number of rotatable bonds is 6. The molecule has 2 rings (SSSR count). The largest absolute Gasteiger partial charge is 0.451 e. The van der Waals surface area contributed by atoms with E-state index < -0.39 is 22.4 Å².